The average Bonchev–Trinajstić information content (AvgIpc) is 2.63. The summed E-state index contributed by atoms with van der Waals surface area (Å²) in [6, 6.07) is 4.00. The molecule has 2 rings (SSSR count). The van der Waals surface area contributed by atoms with Gasteiger partial charge in [0.05, 0.1) is 0 Å². The number of hydrogen-bond acceptors (Lipinski definition) is 3. The van der Waals surface area contributed by atoms with Gasteiger partial charge in [0.2, 0.25) is 6.79 Å². The molecule has 0 aliphatic carbocycles. The predicted octanol–water partition coefficient (Wildman–Crippen LogP) is 2.00. The lowest BCUT2D eigenvalue weighted by molar-refractivity contribution is 0.173. The molecule has 14 heavy (non-hydrogen) atoms. The van der Waals surface area contributed by atoms with Crippen LogP contribution >= 0.6 is 0 Å². The van der Waals surface area contributed by atoms with Gasteiger partial charge in [0.25, 0.3) is 0 Å². The van der Waals surface area contributed by atoms with Gasteiger partial charge in [0, 0.05) is 11.6 Å². The molecule has 3 heteroatoms. The van der Waals surface area contributed by atoms with Crippen molar-refractivity contribution in [1.29, 1.82) is 0 Å². The lowest BCUT2D eigenvalue weighted by Crippen LogP contribution is -2.08. The van der Waals surface area contributed by atoms with Crippen molar-refractivity contribution in [3.05, 3.63) is 23.3 Å². The highest BCUT2D eigenvalue weighted by molar-refractivity contribution is 5.52. The molecule has 76 valence electrons. The van der Waals surface area contributed by atoms with E-state index in [1.165, 1.54) is 5.56 Å². The number of hydrogen-bond donors (Lipinski definition) is 1. The summed E-state index contributed by atoms with van der Waals surface area (Å²) in [6.07, 6.45) is 0.920. The second-order valence-electron chi connectivity index (χ2n) is 3.51. The van der Waals surface area contributed by atoms with Crippen LogP contribution in [0.3, 0.4) is 0 Å². The summed E-state index contributed by atoms with van der Waals surface area (Å²) in [5.74, 6) is 1.72. The highest BCUT2D eigenvalue weighted by atomic mass is 16.7. The van der Waals surface area contributed by atoms with Crippen molar-refractivity contribution in [2.45, 2.75) is 26.3 Å². The Bertz CT molecular complexity index is 347. The molecule has 0 spiro atoms. The second kappa shape index (κ2) is 3.50. The first-order chi connectivity index (χ1) is 6.74. The SMILES string of the molecule is CCc1c(C(C)N)ccc2c1OCO2. The minimum absolute atomic E-state index is 0.0412. The monoisotopic (exact) mass is 193 g/mol. The zero-order valence-electron chi connectivity index (χ0n) is 8.54. The fourth-order valence-corrected chi connectivity index (χ4v) is 1.84. The van der Waals surface area contributed by atoms with Gasteiger partial charge in [0.15, 0.2) is 11.5 Å². The molecule has 1 aromatic rings. The fraction of sp³-hybridized carbons (Fsp3) is 0.455. The molecule has 1 aromatic carbocycles. The zero-order valence-corrected chi connectivity index (χ0v) is 8.54. The second-order valence-corrected chi connectivity index (χ2v) is 3.51. The van der Waals surface area contributed by atoms with Crippen LogP contribution in [0.5, 0.6) is 11.5 Å². The molecule has 0 saturated carbocycles. The average molecular weight is 193 g/mol. The van der Waals surface area contributed by atoms with E-state index >= 15 is 0 Å². The summed E-state index contributed by atoms with van der Waals surface area (Å²) in [7, 11) is 0. The Kier molecular flexibility index (Phi) is 2.33. The third-order valence-electron chi connectivity index (χ3n) is 2.52. The molecule has 0 saturated heterocycles. The van der Waals surface area contributed by atoms with Crippen molar-refractivity contribution in [2.75, 3.05) is 6.79 Å². The van der Waals surface area contributed by atoms with Crippen LogP contribution in [0.15, 0.2) is 12.1 Å². The Morgan fingerprint density at radius 3 is 2.86 bits per heavy atom. The number of benzene rings is 1. The van der Waals surface area contributed by atoms with E-state index in [1.54, 1.807) is 0 Å². The van der Waals surface area contributed by atoms with E-state index in [2.05, 4.69) is 6.92 Å². The van der Waals surface area contributed by atoms with Crippen LogP contribution in [0.1, 0.15) is 31.0 Å². The van der Waals surface area contributed by atoms with Gasteiger partial charge in [-0.15, -0.1) is 0 Å². The molecule has 0 bridgehead atoms. The van der Waals surface area contributed by atoms with E-state index in [9.17, 15) is 0 Å². The molecule has 0 aromatic heterocycles. The fourth-order valence-electron chi connectivity index (χ4n) is 1.84. The van der Waals surface area contributed by atoms with E-state index in [4.69, 9.17) is 15.2 Å². The third-order valence-corrected chi connectivity index (χ3v) is 2.52. The van der Waals surface area contributed by atoms with E-state index in [0.29, 0.717) is 6.79 Å². The minimum Gasteiger partial charge on any atom is -0.454 e. The van der Waals surface area contributed by atoms with Gasteiger partial charge in [-0.05, 0) is 25.0 Å². The van der Waals surface area contributed by atoms with Crippen molar-refractivity contribution in [2.24, 2.45) is 5.73 Å². The molecular weight excluding hydrogens is 178 g/mol. The molecule has 3 nitrogen and oxygen atoms in total. The molecule has 0 amide bonds. The summed E-state index contributed by atoms with van der Waals surface area (Å²) in [6.45, 7) is 4.41. The summed E-state index contributed by atoms with van der Waals surface area (Å²) in [5.41, 5.74) is 8.21. The van der Waals surface area contributed by atoms with E-state index in [-0.39, 0.29) is 6.04 Å². The van der Waals surface area contributed by atoms with E-state index in [0.717, 1.165) is 23.5 Å². The van der Waals surface area contributed by atoms with Crippen molar-refractivity contribution in [1.82, 2.24) is 0 Å². The Morgan fingerprint density at radius 2 is 2.21 bits per heavy atom. The maximum Gasteiger partial charge on any atom is 0.231 e. The van der Waals surface area contributed by atoms with Crippen LogP contribution in [0.2, 0.25) is 0 Å². The highest BCUT2D eigenvalue weighted by Crippen LogP contribution is 2.39. The Hall–Kier alpha value is -1.22. The smallest absolute Gasteiger partial charge is 0.231 e. The van der Waals surface area contributed by atoms with Crippen molar-refractivity contribution in [3.8, 4) is 11.5 Å². The summed E-state index contributed by atoms with van der Waals surface area (Å²) in [5, 5.41) is 0. The van der Waals surface area contributed by atoms with Crippen molar-refractivity contribution < 1.29 is 9.47 Å². The topological polar surface area (TPSA) is 44.5 Å². The maximum absolute atomic E-state index is 5.89. The van der Waals surface area contributed by atoms with E-state index in [1.807, 2.05) is 19.1 Å². The van der Waals surface area contributed by atoms with Gasteiger partial charge < -0.3 is 15.2 Å². The molecule has 0 radical (unpaired) electrons. The number of rotatable bonds is 2. The molecule has 1 atom stereocenters. The Morgan fingerprint density at radius 1 is 1.43 bits per heavy atom. The normalized spacial score (nSPS) is 15.6. The van der Waals surface area contributed by atoms with Crippen LogP contribution in [-0.4, -0.2) is 6.79 Å². The quantitative estimate of drug-likeness (QED) is 0.781. The first-order valence-electron chi connectivity index (χ1n) is 4.91. The summed E-state index contributed by atoms with van der Waals surface area (Å²) >= 11 is 0. The summed E-state index contributed by atoms with van der Waals surface area (Å²) in [4.78, 5) is 0. The van der Waals surface area contributed by atoms with Crippen LogP contribution in [0.4, 0.5) is 0 Å². The Balaban J connectivity index is 2.54. The Labute approximate surface area is 83.8 Å². The standard InChI is InChI=1S/C11H15NO2/c1-3-8-9(7(2)12)4-5-10-11(8)14-6-13-10/h4-5,7H,3,6,12H2,1-2H3. The predicted molar refractivity (Wildman–Crippen MR) is 54.5 cm³/mol. The first-order valence-corrected chi connectivity index (χ1v) is 4.91. The van der Waals surface area contributed by atoms with Crippen LogP contribution < -0.4 is 15.2 Å². The molecule has 0 fully saturated rings. The molecule has 1 aliphatic rings. The number of nitrogens with two attached hydrogens (primary N) is 1. The highest BCUT2D eigenvalue weighted by Gasteiger charge is 2.20. The van der Waals surface area contributed by atoms with E-state index < -0.39 is 0 Å². The lowest BCUT2D eigenvalue weighted by Gasteiger charge is -2.13. The van der Waals surface area contributed by atoms with Crippen molar-refractivity contribution >= 4 is 0 Å². The molecule has 1 heterocycles. The zero-order chi connectivity index (χ0) is 10.1. The molecule has 1 aliphatic heterocycles. The molecule has 2 N–H and O–H groups in total. The van der Waals surface area contributed by atoms with Gasteiger partial charge in [-0.1, -0.05) is 13.0 Å². The van der Waals surface area contributed by atoms with Crippen LogP contribution in [0, 0.1) is 0 Å². The lowest BCUT2D eigenvalue weighted by atomic mass is 9.98. The van der Waals surface area contributed by atoms with Gasteiger partial charge in [0.1, 0.15) is 0 Å². The maximum atomic E-state index is 5.89. The largest absolute Gasteiger partial charge is 0.454 e. The third kappa shape index (κ3) is 1.34. The molecule has 1 unspecified atom stereocenters. The van der Waals surface area contributed by atoms with Crippen LogP contribution in [-0.2, 0) is 6.42 Å². The van der Waals surface area contributed by atoms with Crippen LogP contribution in [0.25, 0.3) is 0 Å². The van der Waals surface area contributed by atoms with Gasteiger partial charge in [-0.3, -0.25) is 0 Å². The summed E-state index contributed by atoms with van der Waals surface area (Å²) < 4.78 is 10.7. The van der Waals surface area contributed by atoms with Gasteiger partial charge in [-0.25, -0.2) is 0 Å². The first kappa shape index (κ1) is 9.34. The van der Waals surface area contributed by atoms with Gasteiger partial charge in [-0.2, -0.15) is 0 Å². The molecular formula is C11H15NO2. The van der Waals surface area contributed by atoms with Gasteiger partial charge >= 0.3 is 0 Å². The number of fused-ring (bicyclic) bond motifs is 1. The number of ether oxygens (including phenoxy) is 2. The minimum atomic E-state index is 0.0412. The van der Waals surface area contributed by atoms with Crippen molar-refractivity contribution in [3.63, 3.8) is 0 Å².